The van der Waals surface area contributed by atoms with Gasteiger partial charge in [-0.3, -0.25) is 9.78 Å². The first-order valence-corrected chi connectivity index (χ1v) is 4.24. The summed E-state index contributed by atoms with van der Waals surface area (Å²) in [6, 6.07) is 3.49. The summed E-state index contributed by atoms with van der Waals surface area (Å²) < 4.78 is 1.48. The quantitative estimate of drug-likeness (QED) is 0.714. The molecule has 4 N–H and O–H groups in total. The van der Waals surface area contributed by atoms with Gasteiger partial charge in [0.05, 0.1) is 17.6 Å². The van der Waals surface area contributed by atoms with Crippen LogP contribution in [-0.4, -0.2) is 20.7 Å². The van der Waals surface area contributed by atoms with Gasteiger partial charge in [0.1, 0.15) is 0 Å². The molecule has 0 unspecified atom stereocenters. The fraction of sp³-hybridized carbons (Fsp3) is 0. The zero-order chi connectivity index (χ0) is 10.8. The molecule has 0 saturated heterocycles. The van der Waals surface area contributed by atoms with Gasteiger partial charge in [0, 0.05) is 12.4 Å². The SMILES string of the molecule is NC(=O)c1nn(-c2ccncc2)cc1N. The van der Waals surface area contributed by atoms with Crippen molar-refractivity contribution in [2.75, 3.05) is 5.73 Å². The molecule has 15 heavy (non-hydrogen) atoms. The summed E-state index contributed by atoms with van der Waals surface area (Å²) in [6.07, 6.45) is 4.78. The van der Waals surface area contributed by atoms with E-state index in [9.17, 15) is 4.79 Å². The number of hydrogen-bond acceptors (Lipinski definition) is 4. The lowest BCUT2D eigenvalue weighted by Crippen LogP contribution is -2.13. The Morgan fingerprint density at radius 1 is 1.33 bits per heavy atom. The van der Waals surface area contributed by atoms with Gasteiger partial charge in [-0.15, -0.1) is 0 Å². The minimum Gasteiger partial charge on any atom is -0.396 e. The summed E-state index contributed by atoms with van der Waals surface area (Å²) in [4.78, 5) is 14.8. The molecule has 2 heterocycles. The van der Waals surface area contributed by atoms with Crippen LogP contribution >= 0.6 is 0 Å². The van der Waals surface area contributed by atoms with E-state index in [1.165, 1.54) is 10.9 Å². The van der Waals surface area contributed by atoms with E-state index in [-0.39, 0.29) is 11.4 Å². The van der Waals surface area contributed by atoms with Crippen molar-refractivity contribution >= 4 is 11.6 Å². The number of pyridine rings is 1. The third-order valence-corrected chi connectivity index (χ3v) is 1.90. The van der Waals surface area contributed by atoms with Crippen LogP contribution in [0.1, 0.15) is 10.5 Å². The fourth-order valence-electron chi connectivity index (χ4n) is 1.21. The average Bonchev–Trinajstić information content (AvgIpc) is 2.62. The van der Waals surface area contributed by atoms with E-state index >= 15 is 0 Å². The molecule has 76 valence electrons. The molecule has 0 radical (unpaired) electrons. The molecule has 0 atom stereocenters. The Labute approximate surface area is 85.5 Å². The van der Waals surface area contributed by atoms with Crippen molar-refractivity contribution in [3.05, 3.63) is 36.4 Å². The van der Waals surface area contributed by atoms with Gasteiger partial charge in [0.25, 0.3) is 5.91 Å². The van der Waals surface area contributed by atoms with Gasteiger partial charge >= 0.3 is 0 Å². The monoisotopic (exact) mass is 203 g/mol. The predicted molar refractivity (Wildman–Crippen MR) is 54.3 cm³/mol. The molecule has 0 aliphatic heterocycles. The second-order valence-corrected chi connectivity index (χ2v) is 2.95. The molecule has 0 saturated carbocycles. The third kappa shape index (κ3) is 1.64. The number of nitrogens with two attached hydrogens (primary N) is 2. The van der Waals surface area contributed by atoms with Crippen LogP contribution in [0, 0.1) is 0 Å². The first-order chi connectivity index (χ1) is 7.18. The molecule has 0 fully saturated rings. The van der Waals surface area contributed by atoms with Crippen LogP contribution in [0.4, 0.5) is 5.69 Å². The summed E-state index contributed by atoms with van der Waals surface area (Å²) in [5, 5.41) is 3.97. The Bertz CT molecular complexity index is 490. The predicted octanol–water partition coefficient (Wildman–Crippen LogP) is -0.0516. The number of carbonyl (C=O) groups is 1. The van der Waals surface area contributed by atoms with E-state index in [4.69, 9.17) is 11.5 Å². The number of nitrogen functional groups attached to an aromatic ring is 1. The van der Waals surface area contributed by atoms with Crippen LogP contribution in [0.2, 0.25) is 0 Å². The van der Waals surface area contributed by atoms with Gasteiger partial charge in [-0.05, 0) is 12.1 Å². The highest BCUT2D eigenvalue weighted by Crippen LogP contribution is 2.12. The highest BCUT2D eigenvalue weighted by molar-refractivity contribution is 5.95. The van der Waals surface area contributed by atoms with Gasteiger partial charge in [-0.25, -0.2) is 4.68 Å². The summed E-state index contributed by atoms with van der Waals surface area (Å²) in [5.41, 5.74) is 11.8. The minimum absolute atomic E-state index is 0.0758. The fourth-order valence-corrected chi connectivity index (χ4v) is 1.21. The summed E-state index contributed by atoms with van der Waals surface area (Å²) in [6.45, 7) is 0. The van der Waals surface area contributed by atoms with E-state index in [1.54, 1.807) is 24.5 Å². The molecule has 0 bridgehead atoms. The van der Waals surface area contributed by atoms with Gasteiger partial charge < -0.3 is 11.5 Å². The zero-order valence-corrected chi connectivity index (χ0v) is 7.79. The molecule has 2 rings (SSSR count). The van der Waals surface area contributed by atoms with Crippen molar-refractivity contribution in [3.63, 3.8) is 0 Å². The van der Waals surface area contributed by atoms with E-state index in [1.807, 2.05) is 0 Å². The highest BCUT2D eigenvalue weighted by atomic mass is 16.1. The van der Waals surface area contributed by atoms with E-state index in [0.29, 0.717) is 0 Å². The van der Waals surface area contributed by atoms with Crippen LogP contribution in [0.15, 0.2) is 30.7 Å². The van der Waals surface area contributed by atoms with Crippen molar-refractivity contribution in [2.24, 2.45) is 5.73 Å². The number of primary amides is 1. The summed E-state index contributed by atoms with van der Waals surface area (Å²) in [5.74, 6) is -0.639. The topological polar surface area (TPSA) is 99.8 Å². The molecule has 2 aromatic heterocycles. The second kappa shape index (κ2) is 3.41. The van der Waals surface area contributed by atoms with E-state index in [2.05, 4.69) is 10.1 Å². The average molecular weight is 203 g/mol. The maximum Gasteiger partial charge on any atom is 0.271 e. The number of anilines is 1. The third-order valence-electron chi connectivity index (χ3n) is 1.90. The smallest absolute Gasteiger partial charge is 0.271 e. The Balaban J connectivity index is 2.48. The molecule has 0 aliphatic carbocycles. The Hall–Kier alpha value is -2.37. The first kappa shape index (κ1) is 9.20. The van der Waals surface area contributed by atoms with Gasteiger partial charge in [0.15, 0.2) is 5.69 Å². The van der Waals surface area contributed by atoms with Gasteiger partial charge in [-0.1, -0.05) is 0 Å². The van der Waals surface area contributed by atoms with Crippen molar-refractivity contribution < 1.29 is 4.79 Å². The lowest BCUT2D eigenvalue weighted by Gasteiger charge is -1.97. The lowest BCUT2D eigenvalue weighted by atomic mass is 10.4. The standard InChI is InChI=1S/C9H9N5O/c10-7-5-14(13-8(7)9(11)15)6-1-3-12-4-2-6/h1-5H,10H2,(H2,11,15). The summed E-state index contributed by atoms with van der Waals surface area (Å²) >= 11 is 0. The van der Waals surface area contributed by atoms with E-state index < -0.39 is 5.91 Å². The Kier molecular flexibility index (Phi) is 2.09. The Morgan fingerprint density at radius 2 is 2.00 bits per heavy atom. The minimum atomic E-state index is -0.639. The van der Waals surface area contributed by atoms with Crippen LogP contribution in [-0.2, 0) is 0 Å². The lowest BCUT2D eigenvalue weighted by molar-refractivity contribution is 0.0996. The molecule has 2 aromatic rings. The molecule has 1 amide bonds. The summed E-state index contributed by atoms with van der Waals surface area (Å²) in [7, 11) is 0. The van der Waals surface area contributed by atoms with E-state index in [0.717, 1.165) is 5.69 Å². The number of nitrogens with zero attached hydrogens (tertiary/aromatic N) is 3. The van der Waals surface area contributed by atoms with Crippen LogP contribution < -0.4 is 11.5 Å². The molecule has 0 spiro atoms. The molecular weight excluding hydrogens is 194 g/mol. The van der Waals surface area contributed by atoms with Crippen molar-refractivity contribution in [1.82, 2.24) is 14.8 Å². The zero-order valence-electron chi connectivity index (χ0n) is 7.79. The number of hydrogen-bond donors (Lipinski definition) is 2. The highest BCUT2D eigenvalue weighted by Gasteiger charge is 2.11. The number of aromatic nitrogens is 3. The normalized spacial score (nSPS) is 10.1. The van der Waals surface area contributed by atoms with Crippen molar-refractivity contribution in [1.29, 1.82) is 0 Å². The maximum absolute atomic E-state index is 10.9. The van der Waals surface area contributed by atoms with Crippen LogP contribution in [0.25, 0.3) is 5.69 Å². The second-order valence-electron chi connectivity index (χ2n) is 2.95. The number of amides is 1. The first-order valence-electron chi connectivity index (χ1n) is 4.24. The Morgan fingerprint density at radius 3 is 2.53 bits per heavy atom. The van der Waals surface area contributed by atoms with Crippen molar-refractivity contribution in [3.8, 4) is 5.69 Å². The molecule has 6 heteroatoms. The van der Waals surface area contributed by atoms with Gasteiger partial charge in [0.2, 0.25) is 0 Å². The molecular formula is C9H9N5O. The van der Waals surface area contributed by atoms with Crippen molar-refractivity contribution in [2.45, 2.75) is 0 Å². The molecule has 0 aliphatic rings. The maximum atomic E-state index is 10.9. The van der Waals surface area contributed by atoms with Crippen LogP contribution in [0.5, 0.6) is 0 Å². The number of carbonyl (C=O) groups excluding carboxylic acids is 1. The molecule has 0 aromatic carbocycles. The number of rotatable bonds is 2. The van der Waals surface area contributed by atoms with Crippen LogP contribution in [0.3, 0.4) is 0 Å². The van der Waals surface area contributed by atoms with Gasteiger partial charge in [-0.2, -0.15) is 5.10 Å². The molecule has 6 nitrogen and oxygen atoms in total. The largest absolute Gasteiger partial charge is 0.396 e.